The molecule has 1 aromatic heterocycles. The number of anilines is 1. The van der Waals surface area contributed by atoms with Crippen LogP contribution in [0.5, 0.6) is 0 Å². The number of carbonyl (C=O) groups is 1. The molecule has 1 heterocycles. The van der Waals surface area contributed by atoms with Crippen LogP contribution in [0.15, 0.2) is 6.20 Å². The minimum absolute atomic E-state index is 0.229. The molecule has 1 saturated carbocycles. The molecule has 2 rings (SSSR count). The van der Waals surface area contributed by atoms with Crippen molar-refractivity contribution in [3.8, 4) is 0 Å². The summed E-state index contributed by atoms with van der Waals surface area (Å²) in [6.07, 6.45) is 6.14. The Morgan fingerprint density at radius 3 is 2.88 bits per heavy atom. The zero-order valence-electron chi connectivity index (χ0n) is 15.4. The number of nitrogens with one attached hydrogen (secondary N) is 2. The summed E-state index contributed by atoms with van der Waals surface area (Å²) in [5.41, 5.74) is 1.58. The molecule has 0 aliphatic heterocycles. The highest BCUT2D eigenvalue weighted by Crippen LogP contribution is 2.35. The Hall–Kier alpha value is -1.56. The number of rotatable bonds is 6. The van der Waals surface area contributed by atoms with Gasteiger partial charge in [-0.25, -0.2) is 4.79 Å². The van der Waals surface area contributed by atoms with Gasteiger partial charge in [-0.1, -0.05) is 40.5 Å². The van der Waals surface area contributed by atoms with E-state index >= 15 is 0 Å². The van der Waals surface area contributed by atoms with Gasteiger partial charge in [0.2, 0.25) is 0 Å². The van der Waals surface area contributed by atoms with Crippen LogP contribution in [0.1, 0.15) is 59.1 Å². The van der Waals surface area contributed by atoms with Crippen molar-refractivity contribution >= 4 is 11.7 Å². The lowest BCUT2D eigenvalue weighted by atomic mass is 9.73. The lowest BCUT2D eigenvalue weighted by Crippen LogP contribution is -2.46. The number of urea groups is 1. The van der Waals surface area contributed by atoms with Crippen LogP contribution in [0, 0.1) is 11.3 Å². The molecular weight excluding hydrogens is 304 g/mol. The normalized spacial score (nSPS) is 24.2. The fraction of sp³-hybridized carbons (Fsp3) is 0.778. The summed E-state index contributed by atoms with van der Waals surface area (Å²) in [5, 5.41) is 20.4. The van der Waals surface area contributed by atoms with Crippen LogP contribution < -0.4 is 10.6 Å². The molecule has 1 aliphatic rings. The van der Waals surface area contributed by atoms with E-state index in [2.05, 4.69) is 43.4 Å². The van der Waals surface area contributed by atoms with Gasteiger partial charge in [-0.2, -0.15) is 5.10 Å². The number of nitrogens with zero attached hydrogens (tertiary/aromatic N) is 2. The molecule has 0 aromatic carbocycles. The fourth-order valence-electron chi connectivity index (χ4n) is 3.43. The van der Waals surface area contributed by atoms with Crippen molar-refractivity contribution < 1.29 is 9.90 Å². The van der Waals surface area contributed by atoms with E-state index in [1.807, 2.05) is 4.68 Å². The molecule has 1 fully saturated rings. The van der Waals surface area contributed by atoms with Crippen molar-refractivity contribution in [3.05, 3.63) is 11.9 Å². The molecule has 0 radical (unpaired) electrons. The topological polar surface area (TPSA) is 79.2 Å². The van der Waals surface area contributed by atoms with Crippen molar-refractivity contribution in [1.82, 2.24) is 15.1 Å². The first kappa shape index (κ1) is 18.8. The SMILES string of the molecule is CCc1c(NC(=O)NCC2(C)CCCCC2O)cnn1CC(C)C. The Balaban J connectivity index is 1.94. The van der Waals surface area contributed by atoms with Crippen LogP contribution in [0.2, 0.25) is 0 Å². The van der Waals surface area contributed by atoms with E-state index in [1.54, 1.807) is 6.20 Å². The molecule has 2 amide bonds. The van der Waals surface area contributed by atoms with Crippen LogP contribution in [0.25, 0.3) is 0 Å². The minimum Gasteiger partial charge on any atom is -0.392 e. The van der Waals surface area contributed by atoms with Gasteiger partial charge in [0.15, 0.2) is 0 Å². The van der Waals surface area contributed by atoms with E-state index in [0.29, 0.717) is 12.5 Å². The van der Waals surface area contributed by atoms with Crippen LogP contribution in [-0.4, -0.2) is 33.6 Å². The Kier molecular flexibility index (Phi) is 6.27. The Morgan fingerprint density at radius 2 is 2.25 bits per heavy atom. The van der Waals surface area contributed by atoms with Crippen LogP contribution in [0.4, 0.5) is 10.5 Å². The lowest BCUT2D eigenvalue weighted by Gasteiger charge is -2.38. The second-order valence-corrected chi connectivity index (χ2v) is 7.66. The van der Waals surface area contributed by atoms with E-state index < -0.39 is 0 Å². The quantitative estimate of drug-likeness (QED) is 0.746. The molecule has 2 atom stereocenters. The average molecular weight is 336 g/mol. The minimum atomic E-state index is -0.341. The van der Waals surface area contributed by atoms with E-state index in [4.69, 9.17) is 0 Å². The van der Waals surface area contributed by atoms with Gasteiger partial charge in [-0.15, -0.1) is 0 Å². The highest BCUT2D eigenvalue weighted by atomic mass is 16.3. The summed E-state index contributed by atoms with van der Waals surface area (Å²) in [5.74, 6) is 0.504. The number of carbonyl (C=O) groups excluding carboxylic acids is 1. The molecule has 24 heavy (non-hydrogen) atoms. The van der Waals surface area contributed by atoms with Crippen LogP contribution in [-0.2, 0) is 13.0 Å². The maximum atomic E-state index is 12.3. The van der Waals surface area contributed by atoms with Gasteiger partial charge in [0, 0.05) is 18.5 Å². The highest BCUT2D eigenvalue weighted by molar-refractivity contribution is 5.89. The summed E-state index contributed by atoms with van der Waals surface area (Å²) in [4.78, 5) is 12.3. The molecule has 0 bridgehead atoms. The van der Waals surface area contributed by atoms with Gasteiger partial charge in [0.1, 0.15) is 0 Å². The monoisotopic (exact) mass is 336 g/mol. The Bertz CT molecular complexity index is 555. The average Bonchev–Trinajstić information content (AvgIpc) is 2.89. The zero-order chi connectivity index (χ0) is 17.7. The molecule has 3 N–H and O–H groups in total. The van der Waals surface area contributed by atoms with Gasteiger partial charge in [-0.05, 0) is 25.2 Å². The summed E-state index contributed by atoms with van der Waals surface area (Å²) in [7, 11) is 0. The fourth-order valence-corrected chi connectivity index (χ4v) is 3.43. The predicted molar refractivity (Wildman–Crippen MR) is 96.0 cm³/mol. The lowest BCUT2D eigenvalue weighted by molar-refractivity contribution is 0.00333. The third-order valence-electron chi connectivity index (χ3n) is 5.00. The first-order valence-corrected chi connectivity index (χ1v) is 9.13. The first-order chi connectivity index (χ1) is 11.4. The second kappa shape index (κ2) is 8.01. The van der Waals surface area contributed by atoms with E-state index in [0.717, 1.165) is 50.0 Å². The highest BCUT2D eigenvalue weighted by Gasteiger charge is 2.35. The standard InChI is InChI=1S/C18H32N4O2/c1-5-15-14(10-20-22(15)11-13(2)3)21-17(24)19-12-18(4)9-7-6-8-16(18)23/h10,13,16,23H,5-9,11-12H2,1-4H3,(H2,19,21,24). The number of hydrogen-bond acceptors (Lipinski definition) is 3. The second-order valence-electron chi connectivity index (χ2n) is 7.66. The number of amides is 2. The van der Waals surface area contributed by atoms with Gasteiger partial charge in [0.25, 0.3) is 0 Å². The maximum Gasteiger partial charge on any atom is 0.319 e. The summed E-state index contributed by atoms with van der Waals surface area (Å²) < 4.78 is 1.96. The zero-order valence-corrected chi connectivity index (χ0v) is 15.4. The van der Waals surface area contributed by atoms with Gasteiger partial charge >= 0.3 is 6.03 Å². The maximum absolute atomic E-state index is 12.3. The van der Waals surface area contributed by atoms with Crippen molar-refractivity contribution in [2.75, 3.05) is 11.9 Å². The number of aliphatic hydroxyl groups excluding tert-OH is 1. The van der Waals surface area contributed by atoms with Crippen LogP contribution in [0.3, 0.4) is 0 Å². The van der Waals surface area contributed by atoms with Crippen molar-refractivity contribution in [1.29, 1.82) is 0 Å². The summed E-state index contributed by atoms with van der Waals surface area (Å²) in [6.45, 7) is 9.75. The molecule has 0 spiro atoms. The summed E-state index contributed by atoms with van der Waals surface area (Å²) >= 11 is 0. The summed E-state index contributed by atoms with van der Waals surface area (Å²) in [6, 6.07) is -0.229. The van der Waals surface area contributed by atoms with Crippen molar-refractivity contribution in [3.63, 3.8) is 0 Å². The molecule has 1 aromatic rings. The molecule has 6 heteroatoms. The van der Waals surface area contributed by atoms with Gasteiger partial charge in [-0.3, -0.25) is 4.68 Å². The Morgan fingerprint density at radius 1 is 1.50 bits per heavy atom. The third-order valence-corrected chi connectivity index (χ3v) is 5.00. The van der Waals surface area contributed by atoms with Gasteiger partial charge < -0.3 is 15.7 Å². The van der Waals surface area contributed by atoms with E-state index in [9.17, 15) is 9.90 Å². The molecule has 2 unspecified atom stereocenters. The van der Waals surface area contributed by atoms with Crippen LogP contribution >= 0.6 is 0 Å². The number of aromatic nitrogens is 2. The predicted octanol–water partition coefficient (Wildman–Crippen LogP) is 3.16. The molecule has 136 valence electrons. The smallest absolute Gasteiger partial charge is 0.319 e. The molecule has 6 nitrogen and oxygen atoms in total. The largest absolute Gasteiger partial charge is 0.392 e. The number of aliphatic hydroxyl groups is 1. The molecule has 1 aliphatic carbocycles. The van der Waals surface area contributed by atoms with E-state index in [1.165, 1.54) is 0 Å². The van der Waals surface area contributed by atoms with Crippen molar-refractivity contribution in [2.24, 2.45) is 11.3 Å². The van der Waals surface area contributed by atoms with E-state index in [-0.39, 0.29) is 17.6 Å². The molecule has 0 saturated heterocycles. The van der Waals surface area contributed by atoms with Crippen molar-refractivity contribution in [2.45, 2.75) is 72.4 Å². The third kappa shape index (κ3) is 4.50. The van der Waals surface area contributed by atoms with Gasteiger partial charge in [0.05, 0.1) is 23.7 Å². The molecular formula is C18H32N4O2. The number of hydrogen-bond donors (Lipinski definition) is 3. The first-order valence-electron chi connectivity index (χ1n) is 9.13. The Labute approximate surface area is 145 Å².